The summed E-state index contributed by atoms with van der Waals surface area (Å²) in [6.07, 6.45) is 2.46. The van der Waals surface area contributed by atoms with Crippen molar-refractivity contribution < 1.29 is 34.1 Å². The van der Waals surface area contributed by atoms with Gasteiger partial charge in [-0.2, -0.15) is 0 Å². The summed E-state index contributed by atoms with van der Waals surface area (Å²) in [7, 11) is 0. The Hall–Kier alpha value is -6.06. The van der Waals surface area contributed by atoms with Gasteiger partial charge in [-0.3, -0.25) is 24.1 Å². The second-order valence-corrected chi connectivity index (χ2v) is 21.0. The lowest BCUT2D eigenvalue weighted by Crippen LogP contribution is -2.57. The summed E-state index contributed by atoms with van der Waals surface area (Å²) in [6.45, 7) is 11.9. The number of aromatic hydroxyl groups is 1. The minimum absolute atomic E-state index is 0.00642. The molecule has 13 nitrogen and oxygen atoms in total. The van der Waals surface area contributed by atoms with Crippen LogP contribution in [0.2, 0.25) is 0 Å². The van der Waals surface area contributed by atoms with Crippen molar-refractivity contribution in [2.45, 2.75) is 97.4 Å². The molecule has 4 N–H and O–H groups in total. The quantitative estimate of drug-likeness (QED) is 0.0320. The second kappa shape index (κ2) is 25.5. The zero-order valence-electron chi connectivity index (χ0n) is 41.9. The number of phenols is 1. The van der Waals surface area contributed by atoms with E-state index in [1.54, 1.807) is 23.5 Å². The van der Waals surface area contributed by atoms with Crippen LogP contribution in [0.3, 0.4) is 0 Å². The molecule has 0 aliphatic carbocycles. The number of amides is 4. The van der Waals surface area contributed by atoms with Crippen molar-refractivity contribution in [3.63, 3.8) is 0 Å². The molecule has 0 radical (unpaired) electrons. The first kappa shape index (κ1) is 53.7. The zero-order chi connectivity index (χ0) is 51.2. The summed E-state index contributed by atoms with van der Waals surface area (Å²) >= 11 is 7.91. The molecule has 3 heterocycles. The summed E-state index contributed by atoms with van der Waals surface area (Å²) < 4.78 is 6.18. The van der Waals surface area contributed by atoms with Gasteiger partial charge < -0.3 is 35.4 Å². The summed E-state index contributed by atoms with van der Waals surface area (Å²) in [5, 5.41) is 26.5. The number of aliphatic hydroxyl groups is 1. The summed E-state index contributed by atoms with van der Waals surface area (Å²) in [5.41, 5.74) is 9.38. The van der Waals surface area contributed by atoms with Crippen LogP contribution in [0.1, 0.15) is 93.7 Å². The predicted molar refractivity (Wildman–Crippen MR) is 285 cm³/mol. The van der Waals surface area contributed by atoms with Crippen LogP contribution >= 0.6 is 22.9 Å². The highest BCUT2D eigenvalue weighted by Crippen LogP contribution is 2.36. The molecule has 0 bridgehead atoms. The lowest BCUT2D eigenvalue weighted by Gasteiger charge is -2.35. The average molecular weight is 1020 g/mol. The van der Waals surface area contributed by atoms with Crippen molar-refractivity contribution in [3.05, 3.63) is 137 Å². The van der Waals surface area contributed by atoms with E-state index in [2.05, 4.69) is 44.8 Å². The third-order valence-corrected chi connectivity index (χ3v) is 14.6. The van der Waals surface area contributed by atoms with E-state index in [-0.39, 0.29) is 49.4 Å². The highest BCUT2D eigenvalue weighted by atomic mass is 35.5. The van der Waals surface area contributed by atoms with Crippen molar-refractivity contribution in [1.29, 1.82) is 0 Å². The monoisotopic (exact) mass is 1020 g/mol. The number of hydrogen-bond donors (Lipinski definition) is 4. The molecule has 2 aliphatic rings. The van der Waals surface area contributed by atoms with Gasteiger partial charge >= 0.3 is 0 Å². The van der Waals surface area contributed by atoms with Gasteiger partial charge in [0.1, 0.15) is 30.2 Å². The molecule has 1 unspecified atom stereocenters. The molecule has 3 atom stereocenters. The number of benzene rings is 4. The van der Waals surface area contributed by atoms with Gasteiger partial charge in [0, 0.05) is 71.0 Å². The van der Waals surface area contributed by atoms with Crippen molar-refractivity contribution in [2.24, 2.45) is 5.41 Å². The van der Waals surface area contributed by atoms with Crippen LogP contribution in [0.5, 0.6) is 11.5 Å². The van der Waals surface area contributed by atoms with E-state index in [9.17, 15) is 29.4 Å². The van der Waals surface area contributed by atoms with Gasteiger partial charge in [-0.1, -0.05) is 106 Å². The standard InChI is InChI=1S/C57H69ClN6O7S/c1-39-53(72-38-60-39)44-17-15-40(16-18-44)36-59-55(69)49-35-46(66)37-64(49)56(70)54(57(2,3)4)61-50(67)13-9-6-10-14-51(68)63-31-29-62(30-32-63)33-34-71-47-25-21-43(22-26-47)52(42-19-23-45(65)24-20-42)48(27-28-58)41-11-7-5-8-12-41/h5,7-8,11-12,15-26,38,46,49,54,65-66H,6,9-10,13-14,27-37H2,1-4H3,(H,59,69)(H,61,67)/t46-,49+,54?/m1/s1. The second-order valence-electron chi connectivity index (χ2n) is 19.8. The molecule has 5 aromatic rings. The summed E-state index contributed by atoms with van der Waals surface area (Å²) in [4.78, 5) is 65.1. The van der Waals surface area contributed by atoms with Gasteiger partial charge in [0.05, 0.1) is 22.2 Å². The zero-order valence-corrected chi connectivity index (χ0v) is 43.5. The number of piperazine rings is 1. The molecular weight excluding hydrogens is 948 g/mol. The fourth-order valence-corrected chi connectivity index (χ4v) is 10.4. The van der Waals surface area contributed by atoms with Gasteiger partial charge in [0.15, 0.2) is 0 Å². The fraction of sp³-hybridized carbons (Fsp3) is 0.421. The van der Waals surface area contributed by atoms with Crippen molar-refractivity contribution >= 4 is 57.7 Å². The van der Waals surface area contributed by atoms with Gasteiger partial charge in [-0.25, -0.2) is 4.98 Å². The van der Waals surface area contributed by atoms with Crippen molar-refractivity contribution in [3.8, 4) is 21.9 Å². The van der Waals surface area contributed by atoms with Crippen LogP contribution in [0, 0.1) is 12.3 Å². The van der Waals surface area contributed by atoms with Gasteiger partial charge in [0.25, 0.3) is 0 Å². The topological polar surface area (TPSA) is 165 Å². The number of rotatable bonds is 21. The number of halogens is 1. The molecule has 2 fully saturated rings. The number of carbonyl (C=O) groups is 4. The van der Waals surface area contributed by atoms with E-state index in [0.717, 1.165) is 74.9 Å². The number of unbranched alkanes of at least 4 members (excludes halogenated alkanes) is 2. The molecule has 4 aromatic carbocycles. The predicted octanol–water partition coefficient (Wildman–Crippen LogP) is 8.69. The van der Waals surface area contributed by atoms with E-state index in [1.165, 1.54) is 4.90 Å². The maximum absolute atomic E-state index is 14.1. The Kier molecular flexibility index (Phi) is 19.1. The van der Waals surface area contributed by atoms with Gasteiger partial charge in [-0.05, 0) is 94.8 Å². The molecule has 0 saturated carbocycles. The minimum atomic E-state index is -0.901. The number of thiazole rings is 1. The van der Waals surface area contributed by atoms with E-state index >= 15 is 0 Å². The van der Waals surface area contributed by atoms with Crippen LogP contribution in [0.4, 0.5) is 0 Å². The number of likely N-dealkylation sites (tertiary alicyclic amines) is 1. The van der Waals surface area contributed by atoms with E-state index in [0.29, 0.717) is 57.7 Å². The van der Waals surface area contributed by atoms with Crippen molar-refractivity contribution in [1.82, 2.24) is 30.3 Å². The van der Waals surface area contributed by atoms with Crippen LogP contribution < -0.4 is 15.4 Å². The lowest BCUT2D eigenvalue weighted by atomic mass is 9.85. The Bertz CT molecular complexity index is 2610. The average Bonchev–Trinajstić information content (AvgIpc) is 4.00. The Labute approximate surface area is 433 Å². The number of carbonyl (C=O) groups excluding carboxylic acids is 4. The Morgan fingerprint density at radius 3 is 2.14 bits per heavy atom. The first-order valence-electron chi connectivity index (χ1n) is 25.1. The highest BCUT2D eigenvalue weighted by molar-refractivity contribution is 7.13. The molecule has 2 saturated heterocycles. The maximum atomic E-state index is 14.1. The minimum Gasteiger partial charge on any atom is -0.508 e. The Morgan fingerprint density at radius 2 is 1.50 bits per heavy atom. The number of aryl methyl sites for hydroxylation is 1. The first-order chi connectivity index (χ1) is 34.7. The molecule has 2 aliphatic heterocycles. The number of alkyl halides is 1. The Morgan fingerprint density at radius 1 is 0.833 bits per heavy atom. The van der Waals surface area contributed by atoms with Crippen LogP contribution in [-0.2, 0) is 25.7 Å². The summed E-state index contributed by atoms with van der Waals surface area (Å²) in [6, 6.07) is 31.7. The number of phenolic OH excluding ortho intramolecular Hbond substituents is 1. The fourth-order valence-electron chi connectivity index (χ4n) is 9.43. The number of hydrogen-bond acceptors (Lipinski definition) is 10. The SMILES string of the molecule is Cc1ncsc1-c1ccc(CNC(=O)[C@@H]2C[C@@H](O)CN2C(=O)C(NC(=O)CCCCCC(=O)N2CCN(CCOc3ccc(C(=C(CCCl)c4ccccc4)c4ccc(O)cc4)cc3)CC2)C(C)(C)C)cc1. The molecule has 72 heavy (non-hydrogen) atoms. The van der Waals surface area contributed by atoms with Crippen LogP contribution in [0.15, 0.2) is 109 Å². The molecule has 1 aromatic heterocycles. The number of nitrogens with zero attached hydrogens (tertiary/aromatic N) is 4. The number of allylic oxidation sites excluding steroid dienone is 1. The Balaban J connectivity index is 0.805. The van der Waals surface area contributed by atoms with Crippen molar-refractivity contribution in [2.75, 3.05) is 51.8 Å². The number of nitrogens with one attached hydrogen (secondary N) is 2. The molecular formula is C57H69ClN6O7S. The lowest BCUT2D eigenvalue weighted by molar-refractivity contribution is -0.144. The largest absolute Gasteiger partial charge is 0.508 e. The van der Waals surface area contributed by atoms with E-state index < -0.39 is 29.5 Å². The van der Waals surface area contributed by atoms with Crippen LogP contribution in [-0.4, -0.2) is 123 Å². The first-order valence-corrected chi connectivity index (χ1v) is 26.5. The number of ether oxygens (including phenoxy) is 1. The number of aliphatic hydroxyl groups excluding tert-OH is 1. The normalized spacial score (nSPS) is 17.0. The van der Waals surface area contributed by atoms with E-state index in [1.807, 2.05) is 105 Å². The molecule has 15 heteroatoms. The van der Waals surface area contributed by atoms with E-state index in [4.69, 9.17) is 16.3 Å². The molecule has 382 valence electrons. The third kappa shape index (κ3) is 14.6. The third-order valence-electron chi connectivity index (χ3n) is 13.5. The number of β-amino-alcohol motifs (C(OH)–C–C–N with tert-alkyl or cyclic N) is 1. The highest BCUT2D eigenvalue weighted by Gasteiger charge is 2.44. The molecule has 4 amide bonds. The number of aromatic nitrogens is 1. The smallest absolute Gasteiger partial charge is 0.246 e. The maximum Gasteiger partial charge on any atom is 0.246 e. The van der Waals surface area contributed by atoms with Gasteiger partial charge in [0.2, 0.25) is 23.6 Å². The van der Waals surface area contributed by atoms with Crippen LogP contribution in [0.25, 0.3) is 21.6 Å². The molecule has 7 rings (SSSR count). The van der Waals surface area contributed by atoms with Gasteiger partial charge in [-0.15, -0.1) is 22.9 Å². The molecule has 0 spiro atoms. The summed E-state index contributed by atoms with van der Waals surface area (Å²) in [5.74, 6) is 0.547.